The zero-order valence-corrected chi connectivity index (χ0v) is 14.2. The third kappa shape index (κ3) is 5.10. The summed E-state index contributed by atoms with van der Waals surface area (Å²) in [4.78, 5) is 25.3. The lowest BCUT2D eigenvalue weighted by molar-refractivity contribution is -0.127. The Balaban J connectivity index is 2.01. The number of amides is 2. The summed E-state index contributed by atoms with van der Waals surface area (Å²) in [7, 11) is 0. The molecule has 0 aromatic heterocycles. The van der Waals surface area contributed by atoms with Crippen LogP contribution in [0.1, 0.15) is 38.2 Å². The molecule has 0 aliphatic carbocycles. The Morgan fingerprint density at radius 1 is 1.35 bits per heavy atom. The predicted octanol–water partition coefficient (Wildman–Crippen LogP) is 3.25. The van der Waals surface area contributed by atoms with E-state index in [-0.39, 0.29) is 11.8 Å². The molecule has 0 saturated carbocycles. The second kappa shape index (κ2) is 8.16. The standard InChI is InChI=1S/C18H23ClN2O2/c1-2-14(15-4-3-5-16(19)11-15)12-18(23)21-8-6-13(7-9-21)10-17(20)22/h3-5,11-13H,2,6-10H2,1H3,(H2,20,22)/b14-12-. The molecule has 5 heteroatoms. The molecule has 1 aromatic rings. The topological polar surface area (TPSA) is 63.4 Å². The molecule has 1 aromatic carbocycles. The van der Waals surface area contributed by atoms with Crippen molar-refractivity contribution in [1.82, 2.24) is 4.90 Å². The van der Waals surface area contributed by atoms with Gasteiger partial charge >= 0.3 is 0 Å². The normalized spacial score (nSPS) is 16.4. The number of halogens is 1. The highest BCUT2D eigenvalue weighted by atomic mass is 35.5. The van der Waals surface area contributed by atoms with Gasteiger partial charge in [-0.2, -0.15) is 0 Å². The molecule has 1 aliphatic heterocycles. The molecule has 23 heavy (non-hydrogen) atoms. The third-order valence-electron chi connectivity index (χ3n) is 4.29. The van der Waals surface area contributed by atoms with Crippen molar-refractivity contribution in [3.05, 3.63) is 40.9 Å². The van der Waals surface area contributed by atoms with Gasteiger partial charge in [0.05, 0.1) is 0 Å². The molecule has 2 N–H and O–H groups in total. The number of allylic oxidation sites excluding steroid dienone is 1. The maximum Gasteiger partial charge on any atom is 0.246 e. The summed E-state index contributed by atoms with van der Waals surface area (Å²) in [5.41, 5.74) is 7.20. The molecular weight excluding hydrogens is 312 g/mol. The molecule has 0 bridgehead atoms. The number of hydrogen-bond acceptors (Lipinski definition) is 2. The molecule has 1 fully saturated rings. The molecule has 0 atom stereocenters. The molecule has 0 spiro atoms. The van der Waals surface area contributed by atoms with Crippen LogP contribution in [0.15, 0.2) is 30.3 Å². The Morgan fingerprint density at radius 2 is 2.04 bits per heavy atom. The maximum atomic E-state index is 12.5. The van der Waals surface area contributed by atoms with Crippen molar-refractivity contribution in [3.63, 3.8) is 0 Å². The quantitative estimate of drug-likeness (QED) is 0.840. The predicted molar refractivity (Wildman–Crippen MR) is 92.8 cm³/mol. The Kier molecular flexibility index (Phi) is 6.22. The smallest absolute Gasteiger partial charge is 0.246 e. The van der Waals surface area contributed by atoms with Gasteiger partial charge in [0.25, 0.3) is 0 Å². The molecule has 1 heterocycles. The molecule has 2 amide bonds. The van der Waals surface area contributed by atoms with E-state index in [9.17, 15) is 9.59 Å². The van der Waals surface area contributed by atoms with Crippen LogP contribution in [0.4, 0.5) is 0 Å². The summed E-state index contributed by atoms with van der Waals surface area (Å²) in [5, 5.41) is 0.668. The molecule has 124 valence electrons. The van der Waals surface area contributed by atoms with Crippen molar-refractivity contribution in [1.29, 1.82) is 0 Å². The van der Waals surface area contributed by atoms with Crippen molar-refractivity contribution >= 4 is 29.0 Å². The maximum absolute atomic E-state index is 12.5. The number of carbonyl (C=O) groups is 2. The van der Waals surface area contributed by atoms with Gasteiger partial charge in [-0.05, 0) is 48.4 Å². The fraction of sp³-hybridized carbons (Fsp3) is 0.444. The number of primary amides is 1. The first-order valence-corrected chi connectivity index (χ1v) is 8.41. The highest BCUT2D eigenvalue weighted by molar-refractivity contribution is 6.30. The van der Waals surface area contributed by atoms with E-state index in [0.29, 0.717) is 30.5 Å². The zero-order valence-electron chi connectivity index (χ0n) is 13.4. The monoisotopic (exact) mass is 334 g/mol. The van der Waals surface area contributed by atoms with Crippen LogP contribution in [-0.4, -0.2) is 29.8 Å². The van der Waals surface area contributed by atoms with Gasteiger partial charge in [-0.25, -0.2) is 0 Å². The first kappa shape index (κ1) is 17.5. The van der Waals surface area contributed by atoms with Crippen LogP contribution in [0, 0.1) is 5.92 Å². The fourth-order valence-electron chi connectivity index (χ4n) is 2.96. The van der Waals surface area contributed by atoms with Crippen molar-refractivity contribution < 1.29 is 9.59 Å². The molecule has 1 saturated heterocycles. The minimum atomic E-state index is -0.260. The Bertz CT molecular complexity index is 605. The van der Waals surface area contributed by atoms with Crippen molar-refractivity contribution in [2.24, 2.45) is 11.7 Å². The Labute approximate surface area is 142 Å². The lowest BCUT2D eigenvalue weighted by Crippen LogP contribution is -2.38. The summed E-state index contributed by atoms with van der Waals surface area (Å²) in [6, 6.07) is 7.56. The Hall–Kier alpha value is -1.81. The summed E-state index contributed by atoms with van der Waals surface area (Å²) in [6.45, 7) is 3.39. The van der Waals surface area contributed by atoms with E-state index in [4.69, 9.17) is 17.3 Å². The Morgan fingerprint density at radius 3 is 2.61 bits per heavy atom. The molecule has 1 aliphatic rings. The fourth-order valence-corrected chi connectivity index (χ4v) is 3.15. The number of likely N-dealkylation sites (tertiary alicyclic amines) is 1. The molecule has 2 rings (SSSR count). The van der Waals surface area contributed by atoms with Crippen molar-refractivity contribution in [3.8, 4) is 0 Å². The second-order valence-corrected chi connectivity index (χ2v) is 6.41. The molecule has 0 unspecified atom stereocenters. The summed E-state index contributed by atoms with van der Waals surface area (Å²) >= 11 is 6.03. The third-order valence-corrected chi connectivity index (χ3v) is 4.53. The van der Waals surface area contributed by atoms with E-state index in [1.807, 2.05) is 36.1 Å². The first-order valence-electron chi connectivity index (χ1n) is 8.03. The molecule has 0 radical (unpaired) electrons. The highest BCUT2D eigenvalue weighted by Gasteiger charge is 2.23. The average Bonchev–Trinajstić information content (AvgIpc) is 2.52. The van der Waals surface area contributed by atoms with E-state index in [1.54, 1.807) is 6.08 Å². The number of rotatable bonds is 5. The van der Waals surface area contributed by atoms with Gasteiger partial charge in [0.1, 0.15) is 0 Å². The molecule has 4 nitrogen and oxygen atoms in total. The van der Waals surface area contributed by atoms with Gasteiger partial charge < -0.3 is 10.6 Å². The SMILES string of the molecule is CC/C(=C/C(=O)N1CCC(CC(N)=O)CC1)c1cccc(Cl)c1. The lowest BCUT2D eigenvalue weighted by Gasteiger charge is -2.31. The number of nitrogens with zero attached hydrogens (tertiary/aromatic N) is 1. The highest BCUT2D eigenvalue weighted by Crippen LogP contribution is 2.24. The summed E-state index contributed by atoms with van der Waals surface area (Å²) in [6.07, 6.45) is 4.56. The van der Waals surface area contributed by atoms with Gasteiger partial charge in [-0.3, -0.25) is 9.59 Å². The number of hydrogen-bond donors (Lipinski definition) is 1. The van der Waals surface area contributed by atoms with Crippen LogP contribution in [0.5, 0.6) is 0 Å². The summed E-state index contributed by atoms with van der Waals surface area (Å²) < 4.78 is 0. The van der Waals surface area contributed by atoms with E-state index < -0.39 is 0 Å². The van der Waals surface area contributed by atoms with Gasteiger partial charge in [-0.1, -0.05) is 30.7 Å². The van der Waals surface area contributed by atoms with E-state index in [1.165, 1.54) is 0 Å². The van der Waals surface area contributed by atoms with Crippen molar-refractivity contribution in [2.75, 3.05) is 13.1 Å². The van der Waals surface area contributed by atoms with Crippen LogP contribution < -0.4 is 5.73 Å². The number of piperidine rings is 1. The number of carbonyl (C=O) groups excluding carboxylic acids is 2. The largest absolute Gasteiger partial charge is 0.370 e. The average molecular weight is 335 g/mol. The molecular formula is C18H23ClN2O2. The van der Waals surface area contributed by atoms with Gasteiger partial charge in [0.15, 0.2) is 0 Å². The van der Waals surface area contributed by atoms with Crippen LogP contribution in [0.3, 0.4) is 0 Å². The first-order chi connectivity index (χ1) is 11.0. The van der Waals surface area contributed by atoms with Crippen LogP contribution in [0.2, 0.25) is 5.02 Å². The lowest BCUT2D eigenvalue weighted by atomic mass is 9.93. The van der Waals surface area contributed by atoms with Crippen LogP contribution >= 0.6 is 11.6 Å². The summed E-state index contributed by atoms with van der Waals surface area (Å²) in [5.74, 6) is 0.0716. The zero-order chi connectivity index (χ0) is 16.8. The minimum absolute atomic E-state index is 0.0272. The van der Waals surface area contributed by atoms with E-state index in [2.05, 4.69) is 0 Å². The van der Waals surface area contributed by atoms with Gasteiger partial charge in [0.2, 0.25) is 11.8 Å². The van der Waals surface area contributed by atoms with Crippen LogP contribution in [-0.2, 0) is 9.59 Å². The van der Waals surface area contributed by atoms with E-state index in [0.717, 1.165) is 30.4 Å². The number of benzene rings is 1. The minimum Gasteiger partial charge on any atom is -0.370 e. The van der Waals surface area contributed by atoms with Gasteiger partial charge in [-0.15, -0.1) is 0 Å². The van der Waals surface area contributed by atoms with Crippen LogP contribution in [0.25, 0.3) is 5.57 Å². The second-order valence-electron chi connectivity index (χ2n) is 5.97. The van der Waals surface area contributed by atoms with Gasteiger partial charge in [0, 0.05) is 30.6 Å². The number of nitrogens with two attached hydrogens (primary N) is 1. The van der Waals surface area contributed by atoms with Crippen molar-refractivity contribution in [2.45, 2.75) is 32.6 Å². The van der Waals surface area contributed by atoms with E-state index >= 15 is 0 Å².